The monoisotopic (exact) mass is 331 g/mol. The highest BCUT2D eigenvalue weighted by atomic mass is 16.4. The van der Waals surface area contributed by atoms with Crippen LogP contribution in [0.3, 0.4) is 0 Å². The summed E-state index contributed by atoms with van der Waals surface area (Å²) in [6, 6.07) is 5.51. The van der Waals surface area contributed by atoms with E-state index in [9.17, 15) is 4.79 Å². The second-order valence-electron chi connectivity index (χ2n) is 7.16. The minimum Gasteiger partial charge on any atom is -0.478 e. The summed E-state index contributed by atoms with van der Waals surface area (Å²) in [4.78, 5) is 11.0. The molecule has 0 radical (unpaired) electrons. The zero-order valence-electron chi connectivity index (χ0n) is 15.2. The molecule has 0 saturated carbocycles. The Kier molecular flexibility index (Phi) is 8.14. The SMILES string of the molecule is CCCCCCCCCCCC[C@@H]1CNc2cc(C(=O)O)ccc21. The summed E-state index contributed by atoms with van der Waals surface area (Å²) in [5.41, 5.74) is 2.70. The van der Waals surface area contributed by atoms with Gasteiger partial charge in [0.2, 0.25) is 0 Å². The second-order valence-corrected chi connectivity index (χ2v) is 7.16. The summed E-state index contributed by atoms with van der Waals surface area (Å²) in [6.07, 6.45) is 14.9. The van der Waals surface area contributed by atoms with Crippen LogP contribution in [0.15, 0.2) is 18.2 Å². The highest BCUT2D eigenvalue weighted by molar-refractivity contribution is 5.89. The molecule has 1 heterocycles. The van der Waals surface area contributed by atoms with Crippen LogP contribution < -0.4 is 5.32 Å². The third-order valence-corrected chi connectivity index (χ3v) is 5.19. The fraction of sp³-hybridized carbons (Fsp3) is 0.667. The third-order valence-electron chi connectivity index (χ3n) is 5.19. The minimum absolute atomic E-state index is 0.376. The van der Waals surface area contributed by atoms with Gasteiger partial charge in [0.05, 0.1) is 5.56 Å². The molecule has 0 saturated heterocycles. The summed E-state index contributed by atoms with van der Waals surface area (Å²) in [5, 5.41) is 12.4. The molecule has 1 atom stereocenters. The molecule has 0 amide bonds. The lowest BCUT2D eigenvalue weighted by atomic mass is 9.94. The van der Waals surface area contributed by atoms with Crippen molar-refractivity contribution in [1.29, 1.82) is 0 Å². The lowest BCUT2D eigenvalue weighted by molar-refractivity contribution is 0.0697. The molecule has 0 fully saturated rings. The molecule has 0 bridgehead atoms. The van der Waals surface area contributed by atoms with E-state index in [0.29, 0.717) is 11.5 Å². The smallest absolute Gasteiger partial charge is 0.335 e. The maximum Gasteiger partial charge on any atom is 0.335 e. The van der Waals surface area contributed by atoms with Gasteiger partial charge < -0.3 is 10.4 Å². The van der Waals surface area contributed by atoms with Gasteiger partial charge in [-0.2, -0.15) is 0 Å². The van der Waals surface area contributed by atoms with Crippen LogP contribution in [0.1, 0.15) is 99.4 Å². The minimum atomic E-state index is -0.849. The first kappa shape index (κ1) is 18.8. The molecule has 1 aliphatic heterocycles. The number of hydrogen-bond acceptors (Lipinski definition) is 2. The first-order valence-electron chi connectivity index (χ1n) is 9.83. The van der Waals surface area contributed by atoms with Crippen molar-refractivity contribution in [2.75, 3.05) is 11.9 Å². The number of benzene rings is 1. The number of anilines is 1. The van der Waals surface area contributed by atoms with E-state index in [-0.39, 0.29) is 0 Å². The van der Waals surface area contributed by atoms with Gasteiger partial charge in [0.1, 0.15) is 0 Å². The number of unbranched alkanes of at least 4 members (excludes halogenated alkanes) is 9. The average Bonchev–Trinajstić information content (AvgIpc) is 2.99. The molecule has 24 heavy (non-hydrogen) atoms. The molecule has 0 unspecified atom stereocenters. The van der Waals surface area contributed by atoms with Crippen molar-refractivity contribution in [2.45, 2.75) is 83.5 Å². The maximum atomic E-state index is 11.0. The largest absolute Gasteiger partial charge is 0.478 e. The van der Waals surface area contributed by atoms with Crippen LogP contribution in [0, 0.1) is 0 Å². The number of carboxylic acid groups (broad SMARTS) is 1. The van der Waals surface area contributed by atoms with Gasteiger partial charge in [-0.1, -0.05) is 77.2 Å². The molecule has 3 heteroatoms. The van der Waals surface area contributed by atoms with Gasteiger partial charge in [-0.3, -0.25) is 0 Å². The summed E-state index contributed by atoms with van der Waals surface area (Å²) in [6.45, 7) is 3.22. The van der Waals surface area contributed by atoms with Crippen LogP contribution in [0.5, 0.6) is 0 Å². The van der Waals surface area contributed by atoms with E-state index in [4.69, 9.17) is 5.11 Å². The molecular weight excluding hydrogens is 298 g/mol. The Bertz CT molecular complexity index is 513. The molecule has 0 spiro atoms. The van der Waals surface area contributed by atoms with E-state index >= 15 is 0 Å². The Labute approximate surface area is 146 Å². The van der Waals surface area contributed by atoms with Gasteiger partial charge >= 0.3 is 5.97 Å². The molecule has 0 aliphatic carbocycles. The number of carboxylic acids is 1. The van der Waals surface area contributed by atoms with E-state index in [2.05, 4.69) is 12.2 Å². The first-order valence-corrected chi connectivity index (χ1v) is 9.83. The van der Waals surface area contributed by atoms with Crippen LogP contribution in [-0.2, 0) is 0 Å². The van der Waals surface area contributed by atoms with E-state index < -0.39 is 5.97 Å². The quantitative estimate of drug-likeness (QED) is 0.448. The number of carbonyl (C=O) groups is 1. The van der Waals surface area contributed by atoms with E-state index in [0.717, 1.165) is 12.2 Å². The van der Waals surface area contributed by atoms with Crippen molar-refractivity contribution in [3.8, 4) is 0 Å². The number of aromatic carboxylic acids is 1. The number of nitrogens with one attached hydrogen (secondary N) is 1. The van der Waals surface area contributed by atoms with Crippen LogP contribution in [0.25, 0.3) is 0 Å². The zero-order chi connectivity index (χ0) is 17.2. The highest BCUT2D eigenvalue weighted by Crippen LogP contribution is 2.35. The molecule has 1 aromatic carbocycles. The molecule has 1 aliphatic rings. The number of hydrogen-bond donors (Lipinski definition) is 2. The van der Waals surface area contributed by atoms with E-state index in [1.54, 1.807) is 12.1 Å². The lowest BCUT2D eigenvalue weighted by Crippen LogP contribution is -2.01. The predicted molar refractivity (Wildman–Crippen MR) is 101 cm³/mol. The van der Waals surface area contributed by atoms with Gasteiger partial charge in [0.25, 0.3) is 0 Å². The molecule has 2 N–H and O–H groups in total. The Hall–Kier alpha value is -1.51. The highest BCUT2D eigenvalue weighted by Gasteiger charge is 2.22. The zero-order valence-corrected chi connectivity index (χ0v) is 15.2. The van der Waals surface area contributed by atoms with Crippen molar-refractivity contribution >= 4 is 11.7 Å². The topological polar surface area (TPSA) is 49.3 Å². The van der Waals surface area contributed by atoms with Gasteiger partial charge in [0, 0.05) is 18.2 Å². The summed E-state index contributed by atoms with van der Waals surface area (Å²) in [5.74, 6) is -0.297. The van der Waals surface area contributed by atoms with Gasteiger partial charge in [0.15, 0.2) is 0 Å². The summed E-state index contributed by atoms with van der Waals surface area (Å²) in [7, 11) is 0. The molecule has 2 rings (SSSR count). The van der Waals surface area contributed by atoms with Crippen LogP contribution in [-0.4, -0.2) is 17.6 Å². The second kappa shape index (κ2) is 10.4. The molecule has 0 aromatic heterocycles. The van der Waals surface area contributed by atoms with E-state index in [1.807, 2.05) is 6.07 Å². The molecule has 1 aromatic rings. The number of fused-ring (bicyclic) bond motifs is 1. The summed E-state index contributed by atoms with van der Waals surface area (Å²) >= 11 is 0. The number of rotatable bonds is 12. The Morgan fingerprint density at radius 1 is 1.04 bits per heavy atom. The van der Waals surface area contributed by atoms with Crippen molar-refractivity contribution in [3.05, 3.63) is 29.3 Å². The maximum absolute atomic E-state index is 11.0. The predicted octanol–water partition coefficient (Wildman–Crippen LogP) is 6.20. The first-order chi connectivity index (χ1) is 11.7. The Morgan fingerprint density at radius 2 is 1.67 bits per heavy atom. The van der Waals surface area contributed by atoms with Crippen molar-refractivity contribution in [1.82, 2.24) is 0 Å². The van der Waals surface area contributed by atoms with E-state index in [1.165, 1.54) is 76.2 Å². The molecule has 134 valence electrons. The van der Waals surface area contributed by atoms with Crippen LogP contribution in [0.4, 0.5) is 5.69 Å². The fourth-order valence-corrected chi connectivity index (χ4v) is 3.68. The Morgan fingerprint density at radius 3 is 2.29 bits per heavy atom. The molecule has 3 nitrogen and oxygen atoms in total. The van der Waals surface area contributed by atoms with Crippen molar-refractivity contribution in [2.24, 2.45) is 0 Å². The van der Waals surface area contributed by atoms with Crippen molar-refractivity contribution < 1.29 is 9.90 Å². The Balaban J connectivity index is 1.58. The standard InChI is InChI=1S/C21H33NO2/c1-2-3-4-5-6-7-8-9-10-11-12-18-16-22-20-15-17(21(23)24)13-14-19(18)20/h13-15,18,22H,2-12,16H2,1H3,(H,23,24)/t18-/m1/s1. The lowest BCUT2D eigenvalue weighted by Gasteiger charge is -2.10. The van der Waals surface area contributed by atoms with Gasteiger partial charge in [-0.25, -0.2) is 4.79 Å². The van der Waals surface area contributed by atoms with Gasteiger partial charge in [-0.05, 0) is 24.1 Å². The molecular formula is C21H33NO2. The fourth-order valence-electron chi connectivity index (χ4n) is 3.68. The van der Waals surface area contributed by atoms with Crippen molar-refractivity contribution in [3.63, 3.8) is 0 Å². The normalized spacial score (nSPS) is 16.0. The average molecular weight is 332 g/mol. The van der Waals surface area contributed by atoms with Gasteiger partial charge in [-0.15, -0.1) is 0 Å². The summed E-state index contributed by atoms with van der Waals surface area (Å²) < 4.78 is 0. The van der Waals surface area contributed by atoms with Crippen LogP contribution >= 0.6 is 0 Å². The third kappa shape index (κ3) is 5.85. The van der Waals surface area contributed by atoms with Crippen LogP contribution in [0.2, 0.25) is 0 Å².